The standard InChI is InChI=1S/C12H14O2/c1-8-3-2-4-9-7-10(12(13)14)5-6-11(8)9/h5-8H,2-4H2,1H3,(H,13,14). The van der Waals surface area contributed by atoms with E-state index in [0.717, 1.165) is 6.42 Å². The first kappa shape index (κ1) is 9.25. The molecule has 0 amide bonds. The highest BCUT2D eigenvalue weighted by atomic mass is 16.4. The molecule has 0 aromatic heterocycles. The average molecular weight is 190 g/mol. The zero-order valence-corrected chi connectivity index (χ0v) is 8.29. The number of carbonyl (C=O) groups is 1. The maximum atomic E-state index is 10.8. The van der Waals surface area contributed by atoms with E-state index in [1.807, 2.05) is 12.1 Å². The Morgan fingerprint density at radius 3 is 3.00 bits per heavy atom. The normalized spacial score (nSPS) is 20.2. The van der Waals surface area contributed by atoms with E-state index in [0.29, 0.717) is 11.5 Å². The zero-order chi connectivity index (χ0) is 10.1. The van der Waals surface area contributed by atoms with Crippen molar-refractivity contribution in [3.05, 3.63) is 34.9 Å². The lowest BCUT2D eigenvalue weighted by atomic mass is 9.83. The minimum Gasteiger partial charge on any atom is -0.478 e. The molecule has 1 aromatic rings. The SMILES string of the molecule is CC1CCCc2cc(C(=O)O)ccc21. The van der Waals surface area contributed by atoms with Gasteiger partial charge in [0.1, 0.15) is 0 Å². The fourth-order valence-corrected chi connectivity index (χ4v) is 2.19. The number of benzene rings is 1. The molecule has 2 nitrogen and oxygen atoms in total. The van der Waals surface area contributed by atoms with Gasteiger partial charge >= 0.3 is 5.97 Å². The summed E-state index contributed by atoms with van der Waals surface area (Å²) in [5.41, 5.74) is 2.97. The van der Waals surface area contributed by atoms with E-state index in [1.165, 1.54) is 24.0 Å². The van der Waals surface area contributed by atoms with Crippen molar-refractivity contribution in [1.82, 2.24) is 0 Å². The monoisotopic (exact) mass is 190 g/mol. The molecule has 2 heteroatoms. The van der Waals surface area contributed by atoms with Gasteiger partial charge in [-0.3, -0.25) is 0 Å². The highest BCUT2D eigenvalue weighted by molar-refractivity contribution is 5.87. The molecule has 0 fully saturated rings. The van der Waals surface area contributed by atoms with Crippen molar-refractivity contribution < 1.29 is 9.90 Å². The van der Waals surface area contributed by atoms with Crippen LogP contribution in [0.25, 0.3) is 0 Å². The van der Waals surface area contributed by atoms with Gasteiger partial charge in [-0.2, -0.15) is 0 Å². The fraction of sp³-hybridized carbons (Fsp3) is 0.417. The summed E-state index contributed by atoms with van der Waals surface area (Å²) in [5.74, 6) is -0.243. The minimum atomic E-state index is -0.828. The van der Waals surface area contributed by atoms with Crippen LogP contribution < -0.4 is 0 Å². The summed E-state index contributed by atoms with van der Waals surface area (Å²) in [5, 5.41) is 8.85. The smallest absolute Gasteiger partial charge is 0.335 e. The van der Waals surface area contributed by atoms with E-state index in [4.69, 9.17) is 5.11 Å². The third kappa shape index (κ3) is 1.52. The molecule has 2 rings (SSSR count). The molecule has 1 N–H and O–H groups in total. The van der Waals surface area contributed by atoms with Gasteiger partial charge in [0, 0.05) is 0 Å². The van der Waals surface area contributed by atoms with Crippen LogP contribution in [0.5, 0.6) is 0 Å². The number of carboxylic acids is 1. The Bertz CT molecular complexity index is 369. The second kappa shape index (κ2) is 3.45. The molecule has 1 aromatic carbocycles. The molecule has 14 heavy (non-hydrogen) atoms. The zero-order valence-electron chi connectivity index (χ0n) is 8.29. The molecule has 1 unspecified atom stereocenters. The summed E-state index contributed by atoms with van der Waals surface area (Å²) in [6, 6.07) is 5.51. The summed E-state index contributed by atoms with van der Waals surface area (Å²) < 4.78 is 0. The van der Waals surface area contributed by atoms with Gasteiger partial charge in [0.15, 0.2) is 0 Å². The van der Waals surface area contributed by atoms with E-state index in [2.05, 4.69) is 6.92 Å². The van der Waals surface area contributed by atoms with Crippen LogP contribution in [-0.4, -0.2) is 11.1 Å². The quantitative estimate of drug-likeness (QED) is 0.739. The maximum absolute atomic E-state index is 10.8. The summed E-state index contributed by atoms with van der Waals surface area (Å²) in [4.78, 5) is 10.8. The predicted octanol–water partition coefficient (Wildman–Crippen LogP) is 2.82. The largest absolute Gasteiger partial charge is 0.478 e. The molecular weight excluding hydrogens is 176 g/mol. The molecule has 0 saturated carbocycles. The number of hydrogen-bond donors (Lipinski definition) is 1. The van der Waals surface area contributed by atoms with Crippen LogP contribution in [0.15, 0.2) is 18.2 Å². The van der Waals surface area contributed by atoms with E-state index in [9.17, 15) is 4.79 Å². The van der Waals surface area contributed by atoms with Gasteiger partial charge in [0.25, 0.3) is 0 Å². The Hall–Kier alpha value is -1.31. The first-order chi connectivity index (χ1) is 6.68. The van der Waals surface area contributed by atoms with Crippen LogP contribution in [0.3, 0.4) is 0 Å². The summed E-state index contributed by atoms with van der Waals surface area (Å²) >= 11 is 0. The van der Waals surface area contributed by atoms with Crippen molar-refractivity contribution in [2.24, 2.45) is 0 Å². The Kier molecular flexibility index (Phi) is 2.28. The minimum absolute atomic E-state index is 0.415. The van der Waals surface area contributed by atoms with Crippen molar-refractivity contribution in [3.63, 3.8) is 0 Å². The van der Waals surface area contributed by atoms with Crippen molar-refractivity contribution in [3.8, 4) is 0 Å². The number of carboxylic acid groups (broad SMARTS) is 1. The molecule has 0 heterocycles. The maximum Gasteiger partial charge on any atom is 0.335 e. The third-order valence-electron chi connectivity index (χ3n) is 3.00. The van der Waals surface area contributed by atoms with Gasteiger partial charge in [-0.1, -0.05) is 13.0 Å². The molecule has 0 radical (unpaired) electrons. The lowest BCUT2D eigenvalue weighted by Gasteiger charge is -2.22. The number of fused-ring (bicyclic) bond motifs is 1. The average Bonchev–Trinajstić information content (AvgIpc) is 2.17. The summed E-state index contributed by atoms with van der Waals surface area (Å²) in [7, 11) is 0. The van der Waals surface area contributed by atoms with Gasteiger partial charge < -0.3 is 5.11 Å². The van der Waals surface area contributed by atoms with E-state index >= 15 is 0 Å². The molecule has 0 bridgehead atoms. The fourth-order valence-electron chi connectivity index (χ4n) is 2.19. The molecular formula is C12H14O2. The second-order valence-electron chi connectivity index (χ2n) is 4.01. The Labute approximate surface area is 83.6 Å². The van der Waals surface area contributed by atoms with Crippen LogP contribution in [0.4, 0.5) is 0 Å². The van der Waals surface area contributed by atoms with E-state index < -0.39 is 5.97 Å². The van der Waals surface area contributed by atoms with Crippen LogP contribution in [0.2, 0.25) is 0 Å². The topological polar surface area (TPSA) is 37.3 Å². The lowest BCUT2D eigenvalue weighted by molar-refractivity contribution is 0.0696. The summed E-state index contributed by atoms with van der Waals surface area (Å²) in [6.07, 6.45) is 3.43. The van der Waals surface area contributed by atoms with E-state index in [1.54, 1.807) is 6.07 Å². The Balaban J connectivity index is 2.44. The third-order valence-corrected chi connectivity index (χ3v) is 3.00. The highest BCUT2D eigenvalue weighted by Gasteiger charge is 2.17. The number of aromatic carboxylic acids is 1. The van der Waals surface area contributed by atoms with Gasteiger partial charge in [-0.05, 0) is 48.4 Å². The number of hydrogen-bond acceptors (Lipinski definition) is 1. The lowest BCUT2D eigenvalue weighted by Crippen LogP contribution is -2.08. The molecule has 74 valence electrons. The predicted molar refractivity (Wildman–Crippen MR) is 54.8 cm³/mol. The van der Waals surface area contributed by atoms with Gasteiger partial charge in [0.2, 0.25) is 0 Å². The van der Waals surface area contributed by atoms with Crippen LogP contribution in [0, 0.1) is 0 Å². The first-order valence-electron chi connectivity index (χ1n) is 5.04. The van der Waals surface area contributed by atoms with Gasteiger partial charge in [-0.25, -0.2) is 4.79 Å². The van der Waals surface area contributed by atoms with Crippen molar-refractivity contribution in [2.45, 2.75) is 32.1 Å². The Morgan fingerprint density at radius 2 is 2.29 bits per heavy atom. The molecule has 0 spiro atoms. The number of rotatable bonds is 1. The molecule has 1 aliphatic rings. The van der Waals surface area contributed by atoms with Crippen molar-refractivity contribution in [2.75, 3.05) is 0 Å². The van der Waals surface area contributed by atoms with Gasteiger partial charge in [0.05, 0.1) is 5.56 Å². The second-order valence-corrected chi connectivity index (χ2v) is 4.01. The number of aryl methyl sites for hydroxylation is 1. The van der Waals surface area contributed by atoms with Crippen LogP contribution >= 0.6 is 0 Å². The highest BCUT2D eigenvalue weighted by Crippen LogP contribution is 2.31. The van der Waals surface area contributed by atoms with Crippen LogP contribution in [0.1, 0.15) is 47.2 Å². The molecule has 1 aliphatic carbocycles. The van der Waals surface area contributed by atoms with Crippen molar-refractivity contribution >= 4 is 5.97 Å². The molecule has 0 saturated heterocycles. The van der Waals surface area contributed by atoms with Crippen molar-refractivity contribution in [1.29, 1.82) is 0 Å². The van der Waals surface area contributed by atoms with Gasteiger partial charge in [-0.15, -0.1) is 0 Å². The first-order valence-corrected chi connectivity index (χ1v) is 5.04. The molecule has 1 atom stereocenters. The van der Waals surface area contributed by atoms with E-state index in [-0.39, 0.29) is 0 Å². The Morgan fingerprint density at radius 1 is 1.50 bits per heavy atom. The van der Waals surface area contributed by atoms with Crippen LogP contribution in [-0.2, 0) is 6.42 Å². The molecule has 0 aliphatic heterocycles. The summed E-state index contributed by atoms with van der Waals surface area (Å²) in [6.45, 7) is 2.21.